The summed E-state index contributed by atoms with van der Waals surface area (Å²) in [4.78, 5) is 3.36. The van der Waals surface area contributed by atoms with Gasteiger partial charge in [0.25, 0.3) is 10.0 Å². The van der Waals surface area contributed by atoms with E-state index in [1.165, 1.54) is 0 Å². The fourth-order valence-corrected chi connectivity index (χ4v) is 4.05. The van der Waals surface area contributed by atoms with Crippen LogP contribution in [-0.2, 0) is 16.6 Å². The molecule has 0 amide bonds. The number of aliphatic hydroxyl groups excluding tert-OH is 1. The SMILES string of the molecule is O=S(=O)(Nc1cccc(CO)c1)c1ccc(-c2ccc3cc[nH]c3c2)cc1. The predicted octanol–water partition coefficient (Wildman–Crippen LogP) is 4.13. The van der Waals surface area contributed by atoms with Gasteiger partial charge in [0, 0.05) is 17.4 Å². The standard InChI is InChI=1S/C21H18N2O3S/c24-14-15-2-1-3-19(12-15)23-27(25,26)20-8-6-16(7-9-20)18-5-4-17-10-11-22-21(17)13-18/h1-13,22-24H,14H2. The quantitative estimate of drug-likeness (QED) is 0.488. The van der Waals surface area contributed by atoms with Crippen molar-refractivity contribution < 1.29 is 13.5 Å². The van der Waals surface area contributed by atoms with Gasteiger partial charge in [-0.1, -0.05) is 36.4 Å². The van der Waals surface area contributed by atoms with E-state index in [0.717, 1.165) is 22.0 Å². The number of aromatic nitrogens is 1. The molecular formula is C21H18N2O3S. The second-order valence-electron chi connectivity index (χ2n) is 6.27. The summed E-state index contributed by atoms with van der Waals surface area (Å²) >= 11 is 0. The summed E-state index contributed by atoms with van der Waals surface area (Å²) in [7, 11) is -3.70. The molecule has 1 heterocycles. The molecule has 1 aromatic heterocycles. The van der Waals surface area contributed by atoms with Gasteiger partial charge in [-0.25, -0.2) is 8.42 Å². The van der Waals surface area contributed by atoms with Crippen LogP contribution in [0.4, 0.5) is 5.69 Å². The van der Waals surface area contributed by atoms with Gasteiger partial charge < -0.3 is 10.1 Å². The maximum absolute atomic E-state index is 12.6. The van der Waals surface area contributed by atoms with Crippen LogP contribution in [-0.4, -0.2) is 18.5 Å². The molecule has 6 heteroatoms. The molecule has 0 aliphatic rings. The van der Waals surface area contributed by atoms with Crippen LogP contribution in [0.5, 0.6) is 0 Å². The van der Waals surface area contributed by atoms with Crippen molar-refractivity contribution in [3.05, 3.63) is 84.6 Å². The van der Waals surface area contributed by atoms with E-state index in [0.29, 0.717) is 11.3 Å². The number of sulfonamides is 1. The van der Waals surface area contributed by atoms with E-state index in [1.54, 1.807) is 48.5 Å². The van der Waals surface area contributed by atoms with E-state index in [9.17, 15) is 13.5 Å². The third kappa shape index (κ3) is 3.58. The molecule has 0 fully saturated rings. The molecule has 0 radical (unpaired) electrons. The Hall–Kier alpha value is -3.09. The number of hydrogen-bond donors (Lipinski definition) is 3. The van der Waals surface area contributed by atoms with E-state index in [1.807, 2.05) is 30.5 Å². The lowest BCUT2D eigenvalue weighted by Gasteiger charge is -2.10. The number of aromatic amines is 1. The van der Waals surface area contributed by atoms with Crippen LogP contribution < -0.4 is 4.72 Å². The molecule has 4 rings (SSSR count). The Labute approximate surface area is 157 Å². The van der Waals surface area contributed by atoms with Gasteiger partial charge in [-0.15, -0.1) is 0 Å². The molecule has 27 heavy (non-hydrogen) atoms. The lowest BCUT2D eigenvalue weighted by atomic mass is 10.0. The average molecular weight is 378 g/mol. The highest BCUT2D eigenvalue weighted by Crippen LogP contribution is 2.25. The summed E-state index contributed by atoms with van der Waals surface area (Å²) in [6.45, 7) is -0.143. The molecular weight excluding hydrogens is 360 g/mol. The molecule has 0 aliphatic carbocycles. The maximum atomic E-state index is 12.6. The first-order valence-electron chi connectivity index (χ1n) is 8.45. The van der Waals surface area contributed by atoms with Crippen LogP contribution in [0.2, 0.25) is 0 Å². The van der Waals surface area contributed by atoms with Crippen molar-refractivity contribution >= 4 is 26.6 Å². The number of fused-ring (bicyclic) bond motifs is 1. The van der Waals surface area contributed by atoms with Crippen LogP contribution in [0.25, 0.3) is 22.0 Å². The topological polar surface area (TPSA) is 82.2 Å². The molecule has 0 atom stereocenters. The van der Waals surface area contributed by atoms with Gasteiger partial charge in [-0.3, -0.25) is 4.72 Å². The Morgan fingerprint density at radius 1 is 0.889 bits per heavy atom. The molecule has 0 aliphatic heterocycles. The molecule has 0 saturated heterocycles. The Morgan fingerprint density at radius 3 is 2.44 bits per heavy atom. The number of hydrogen-bond acceptors (Lipinski definition) is 3. The molecule has 5 nitrogen and oxygen atoms in total. The van der Waals surface area contributed by atoms with Gasteiger partial charge in [0.2, 0.25) is 0 Å². The fraction of sp³-hybridized carbons (Fsp3) is 0.0476. The third-order valence-corrected chi connectivity index (χ3v) is 5.81. The number of anilines is 1. The summed E-state index contributed by atoms with van der Waals surface area (Å²) in [5.41, 5.74) is 4.05. The fourth-order valence-electron chi connectivity index (χ4n) is 3.00. The van der Waals surface area contributed by atoms with E-state index in [4.69, 9.17) is 0 Å². The van der Waals surface area contributed by atoms with Crippen molar-refractivity contribution in [2.45, 2.75) is 11.5 Å². The number of H-pyrrole nitrogens is 1. The molecule has 136 valence electrons. The zero-order chi connectivity index (χ0) is 18.9. The van der Waals surface area contributed by atoms with Gasteiger partial charge in [0.15, 0.2) is 0 Å². The summed E-state index contributed by atoms with van der Waals surface area (Å²) in [6, 6.07) is 21.5. The highest BCUT2D eigenvalue weighted by atomic mass is 32.2. The minimum atomic E-state index is -3.70. The van der Waals surface area contributed by atoms with Crippen LogP contribution >= 0.6 is 0 Å². The van der Waals surface area contributed by atoms with Crippen molar-refractivity contribution in [3.63, 3.8) is 0 Å². The average Bonchev–Trinajstić information content (AvgIpc) is 3.16. The Kier molecular flexibility index (Phi) is 4.43. The first kappa shape index (κ1) is 17.3. The summed E-state index contributed by atoms with van der Waals surface area (Å²) in [5, 5.41) is 10.3. The van der Waals surface area contributed by atoms with Crippen molar-refractivity contribution in [2.75, 3.05) is 4.72 Å². The Balaban J connectivity index is 1.60. The van der Waals surface area contributed by atoms with E-state index >= 15 is 0 Å². The monoisotopic (exact) mass is 378 g/mol. The Morgan fingerprint density at radius 2 is 1.67 bits per heavy atom. The van der Waals surface area contributed by atoms with Crippen LogP contribution in [0, 0.1) is 0 Å². The molecule has 0 saturated carbocycles. The number of aliphatic hydroxyl groups is 1. The third-order valence-electron chi connectivity index (χ3n) is 4.41. The van der Waals surface area contributed by atoms with E-state index in [2.05, 4.69) is 9.71 Å². The van der Waals surface area contributed by atoms with Crippen LogP contribution in [0.1, 0.15) is 5.56 Å². The maximum Gasteiger partial charge on any atom is 0.261 e. The zero-order valence-corrected chi connectivity index (χ0v) is 15.2. The van der Waals surface area contributed by atoms with Gasteiger partial charge >= 0.3 is 0 Å². The normalized spacial score (nSPS) is 11.6. The second kappa shape index (κ2) is 6.90. The van der Waals surface area contributed by atoms with Crippen molar-refractivity contribution in [1.82, 2.24) is 4.98 Å². The van der Waals surface area contributed by atoms with Crippen molar-refractivity contribution in [3.8, 4) is 11.1 Å². The highest BCUT2D eigenvalue weighted by Gasteiger charge is 2.14. The molecule has 4 aromatic rings. The molecule has 0 unspecified atom stereocenters. The van der Waals surface area contributed by atoms with E-state index in [-0.39, 0.29) is 11.5 Å². The number of nitrogens with one attached hydrogen (secondary N) is 2. The van der Waals surface area contributed by atoms with Gasteiger partial charge in [0.1, 0.15) is 0 Å². The highest BCUT2D eigenvalue weighted by molar-refractivity contribution is 7.92. The van der Waals surface area contributed by atoms with Gasteiger partial charge in [-0.2, -0.15) is 0 Å². The molecule has 0 bridgehead atoms. The summed E-state index contributed by atoms with van der Waals surface area (Å²) in [5.74, 6) is 0. The summed E-state index contributed by atoms with van der Waals surface area (Å²) in [6.07, 6.45) is 1.89. The Bertz CT molecular complexity index is 1200. The van der Waals surface area contributed by atoms with Crippen LogP contribution in [0.3, 0.4) is 0 Å². The zero-order valence-electron chi connectivity index (χ0n) is 14.4. The largest absolute Gasteiger partial charge is 0.392 e. The smallest absolute Gasteiger partial charge is 0.261 e. The second-order valence-corrected chi connectivity index (χ2v) is 7.95. The molecule has 3 aromatic carbocycles. The minimum Gasteiger partial charge on any atom is -0.392 e. The lowest BCUT2D eigenvalue weighted by Crippen LogP contribution is -2.13. The minimum absolute atomic E-state index is 0.143. The number of benzene rings is 3. The first-order valence-corrected chi connectivity index (χ1v) is 9.94. The predicted molar refractivity (Wildman–Crippen MR) is 107 cm³/mol. The first-order chi connectivity index (χ1) is 13.0. The molecule has 3 N–H and O–H groups in total. The van der Waals surface area contributed by atoms with Crippen LogP contribution in [0.15, 0.2) is 83.9 Å². The van der Waals surface area contributed by atoms with Gasteiger partial charge in [-0.05, 0) is 58.5 Å². The molecule has 0 spiro atoms. The van der Waals surface area contributed by atoms with Gasteiger partial charge in [0.05, 0.1) is 11.5 Å². The van der Waals surface area contributed by atoms with Crippen molar-refractivity contribution in [1.29, 1.82) is 0 Å². The van der Waals surface area contributed by atoms with E-state index < -0.39 is 10.0 Å². The lowest BCUT2D eigenvalue weighted by molar-refractivity contribution is 0.282. The number of rotatable bonds is 5. The van der Waals surface area contributed by atoms with Crippen molar-refractivity contribution in [2.24, 2.45) is 0 Å². The summed E-state index contributed by atoms with van der Waals surface area (Å²) < 4.78 is 27.8.